The van der Waals surface area contributed by atoms with Crippen LogP contribution in [0.25, 0.3) is 0 Å². The fourth-order valence-corrected chi connectivity index (χ4v) is 5.88. The van der Waals surface area contributed by atoms with Crippen LogP contribution in [0.4, 0.5) is 10.5 Å². The zero-order valence-electron chi connectivity index (χ0n) is 18.6. The van der Waals surface area contributed by atoms with Crippen molar-refractivity contribution in [2.45, 2.75) is 56.9 Å². The number of carbonyl (C=O) groups excluding carboxylic acids is 3. The van der Waals surface area contributed by atoms with E-state index in [9.17, 15) is 22.8 Å². The number of nitrogens with one attached hydrogen (secondary N) is 3. The smallest absolute Gasteiger partial charge is 0.322 e. The maximum Gasteiger partial charge on any atom is 0.322 e. The predicted molar refractivity (Wildman–Crippen MR) is 118 cm³/mol. The normalized spacial score (nSPS) is 23.2. The Bertz CT molecular complexity index is 998. The van der Waals surface area contributed by atoms with Gasteiger partial charge in [-0.25, -0.2) is 13.2 Å². The molecule has 0 atom stereocenters. The molecular weight excluding hydrogens is 436 g/mol. The van der Waals surface area contributed by atoms with E-state index >= 15 is 0 Å². The van der Waals surface area contributed by atoms with Crippen molar-refractivity contribution >= 4 is 33.6 Å². The Labute approximate surface area is 188 Å². The number of carbonyl (C=O) groups is 3. The first-order valence-corrected chi connectivity index (χ1v) is 12.3. The van der Waals surface area contributed by atoms with Crippen molar-refractivity contribution in [2.75, 3.05) is 25.0 Å². The van der Waals surface area contributed by atoms with Gasteiger partial charge in [0.25, 0.3) is 5.91 Å². The standard InChI is InChI=1S/C21H30N4O6S/c1-4-25(5-2)32(29,30)17-13-15(7-8-16(17)31-6-3)22-18(26)14-9-11-21(12-10-14)19(27)23-20(28)24-21/h7-8,13-14H,4-6,9-12H2,1-3H3,(H,22,26)(H2,23,24,27,28). The van der Waals surface area contributed by atoms with E-state index in [4.69, 9.17) is 4.74 Å². The summed E-state index contributed by atoms with van der Waals surface area (Å²) in [7, 11) is -3.79. The van der Waals surface area contributed by atoms with Gasteiger partial charge in [-0.15, -0.1) is 0 Å². The van der Waals surface area contributed by atoms with Gasteiger partial charge >= 0.3 is 6.03 Å². The van der Waals surface area contributed by atoms with E-state index in [0.29, 0.717) is 51.1 Å². The predicted octanol–water partition coefficient (Wildman–Crippen LogP) is 1.82. The van der Waals surface area contributed by atoms with E-state index in [2.05, 4.69) is 16.0 Å². The maximum absolute atomic E-state index is 13.1. The van der Waals surface area contributed by atoms with E-state index in [1.807, 2.05) is 0 Å². The molecule has 3 rings (SSSR count). The van der Waals surface area contributed by atoms with Crippen LogP contribution in [0.1, 0.15) is 46.5 Å². The highest BCUT2D eigenvalue weighted by atomic mass is 32.2. The summed E-state index contributed by atoms with van der Waals surface area (Å²) in [5.74, 6) is -0.709. The number of amides is 4. The third-order valence-electron chi connectivity index (χ3n) is 6.06. The van der Waals surface area contributed by atoms with Gasteiger partial charge < -0.3 is 15.4 Å². The first-order valence-electron chi connectivity index (χ1n) is 10.9. The summed E-state index contributed by atoms with van der Waals surface area (Å²) in [5.41, 5.74) is -0.575. The number of anilines is 1. The number of sulfonamides is 1. The molecule has 1 aromatic rings. The van der Waals surface area contributed by atoms with Crippen molar-refractivity contribution in [3.63, 3.8) is 0 Å². The monoisotopic (exact) mass is 466 g/mol. The van der Waals surface area contributed by atoms with E-state index in [1.54, 1.807) is 32.9 Å². The molecule has 11 heteroatoms. The summed E-state index contributed by atoms with van der Waals surface area (Å²) < 4.78 is 33.0. The number of urea groups is 1. The van der Waals surface area contributed by atoms with Gasteiger partial charge in [0.2, 0.25) is 15.9 Å². The number of benzene rings is 1. The van der Waals surface area contributed by atoms with Crippen LogP contribution in [0, 0.1) is 5.92 Å². The van der Waals surface area contributed by atoms with Crippen LogP contribution in [-0.4, -0.2) is 55.8 Å². The third-order valence-corrected chi connectivity index (χ3v) is 8.13. The molecule has 10 nitrogen and oxygen atoms in total. The average Bonchev–Trinajstić information content (AvgIpc) is 3.02. The average molecular weight is 467 g/mol. The molecule has 0 radical (unpaired) electrons. The summed E-state index contributed by atoms with van der Waals surface area (Å²) in [5, 5.41) is 7.73. The third kappa shape index (κ3) is 4.58. The van der Waals surface area contributed by atoms with Crippen LogP contribution in [0.5, 0.6) is 5.75 Å². The Morgan fingerprint density at radius 1 is 1.19 bits per heavy atom. The fraction of sp³-hybridized carbons (Fsp3) is 0.571. The Hall–Kier alpha value is -2.66. The Balaban J connectivity index is 1.76. The van der Waals surface area contributed by atoms with Crippen LogP contribution in [0.3, 0.4) is 0 Å². The molecule has 0 aromatic heterocycles. The van der Waals surface area contributed by atoms with E-state index < -0.39 is 21.6 Å². The number of nitrogens with zero attached hydrogens (tertiary/aromatic N) is 1. The summed E-state index contributed by atoms with van der Waals surface area (Å²) in [6.07, 6.45) is 1.60. The SMILES string of the molecule is CCOc1ccc(NC(=O)C2CCC3(CC2)NC(=O)NC3=O)cc1S(=O)(=O)N(CC)CC. The molecular formula is C21H30N4O6S. The molecule has 32 heavy (non-hydrogen) atoms. The van der Waals surface area contributed by atoms with Gasteiger partial charge in [-0.3, -0.25) is 14.9 Å². The number of imide groups is 1. The molecule has 2 fully saturated rings. The van der Waals surface area contributed by atoms with Gasteiger partial charge in [-0.05, 0) is 50.8 Å². The highest BCUT2D eigenvalue weighted by molar-refractivity contribution is 7.89. The molecule has 1 aromatic carbocycles. The molecule has 1 aliphatic heterocycles. The van der Waals surface area contributed by atoms with Crippen molar-refractivity contribution < 1.29 is 27.5 Å². The number of hydrogen-bond donors (Lipinski definition) is 3. The highest BCUT2D eigenvalue weighted by Gasteiger charge is 2.48. The van der Waals surface area contributed by atoms with Crippen molar-refractivity contribution in [3.05, 3.63) is 18.2 Å². The highest BCUT2D eigenvalue weighted by Crippen LogP contribution is 2.35. The largest absolute Gasteiger partial charge is 0.492 e. The molecule has 1 heterocycles. The summed E-state index contributed by atoms with van der Waals surface area (Å²) in [6, 6.07) is 4.07. The molecule has 3 N–H and O–H groups in total. The van der Waals surface area contributed by atoms with Crippen LogP contribution >= 0.6 is 0 Å². The summed E-state index contributed by atoms with van der Waals surface area (Å²) >= 11 is 0. The van der Waals surface area contributed by atoms with Crippen molar-refractivity contribution in [2.24, 2.45) is 5.92 Å². The number of hydrogen-bond acceptors (Lipinski definition) is 6. The second kappa shape index (κ2) is 9.45. The van der Waals surface area contributed by atoms with E-state index in [-0.39, 0.29) is 28.4 Å². The molecule has 0 unspecified atom stereocenters. The van der Waals surface area contributed by atoms with Gasteiger partial charge in [0.05, 0.1) is 6.61 Å². The first kappa shape index (κ1) is 24.0. The van der Waals surface area contributed by atoms with Crippen LogP contribution in [0.2, 0.25) is 0 Å². The van der Waals surface area contributed by atoms with Gasteiger partial charge in [-0.2, -0.15) is 4.31 Å². The molecule has 0 bridgehead atoms. The lowest BCUT2D eigenvalue weighted by Gasteiger charge is -2.33. The minimum atomic E-state index is -3.79. The number of ether oxygens (including phenoxy) is 1. The van der Waals surface area contributed by atoms with E-state index in [1.165, 1.54) is 10.4 Å². The number of rotatable bonds is 8. The topological polar surface area (TPSA) is 134 Å². The summed E-state index contributed by atoms with van der Waals surface area (Å²) in [4.78, 5) is 36.4. The zero-order chi connectivity index (χ0) is 23.5. The second-order valence-electron chi connectivity index (χ2n) is 7.94. The maximum atomic E-state index is 13.1. The Morgan fingerprint density at radius 2 is 1.84 bits per heavy atom. The Morgan fingerprint density at radius 3 is 2.38 bits per heavy atom. The molecule has 1 saturated heterocycles. The molecule has 1 saturated carbocycles. The van der Waals surface area contributed by atoms with Crippen molar-refractivity contribution in [1.29, 1.82) is 0 Å². The second-order valence-corrected chi connectivity index (χ2v) is 9.84. The molecule has 2 aliphatic rings. The van der Waals surface area contributed by atoms with Crippen molar-refractivity contribution in [1.82, 2.24) is 14.9 Å². The molecule has 4 amide bonds. The first-order chi connectivity index (χ1) is 15.2. The minimum absolute atomic E-state index is 0.00814. The van der Waals surface area contributed by atoms with Crippen LogP contribution in [0.15, 0.2) is 23.1 Å². The van der Waals surface area contributed by atoms with Gasteiger partial charge in [-0.1, -0.05) is 13.8 Å². The lowest BCUT2D eigenvalue weighted by atomic mass is 9.76. The van der Waals surface area contributed by atoms with Gasteiger partial charge in [0.1, 0.15) is 16.2 Å². The lowest BCUT2D eigenvalue weighted by molar-refractivity contribution is -0.128. The van der Waals surface area contributed by atoms with Gasteiger partial charge in [0, 0.05) is 24.7 Å². The minimum Gasteiger partial charge on any atom is -0.492 e. The molecule has 1 aliphatic carbocycles. The molecule has 1 spiro atoms. The lowest BCUT2D eigenvalue weighted by Crippen LogP contribution is -2.50. The fourth-order valence-electron chi connectivity index (χ4n) is 4.26. The summed E-state index contributed by atoms with van der Waals surface area (Å²) in [6.45, 7) is 6.22. The van der Waals surface area contributed by atoms with Crippen molar-refractivity contribution in [3.8, 4) is 5.75 Å². The van der Waals surface area contributed by atoms with Gasteiger partial charge in [0.15, 0.2) is 0 Å². The molecule has 176 valence electrons. The zero-order valence-corrected chi connectivity index (χ0v) is 19.4. The Kier molecular flexibility index (Phi) is 7.09. The van der Waals surface area contributed by atoms with Crippen LogP contribution < -0.4 is 20.7 Å². The van der Waals surface area contributed by atoms with E-state index in [0.717, 1.165) is 0 Å². The quantitative estimate of drug-likeness (QED) is 0.501. The van der Waals surface area contributed by atoms with Crippen LogP contribution in [-0.2, 0) is 19.6 Å².